The van der Waals surface area contributed by atoms with E-state index in [0.29, 0.717) is 17.8 Å². The van der Waals surface area contributed by atoms with Gasteiger partial charge < -0.3 is 16.4 Å². The van der Waals surface area contributed by atoms with Crippen LogP contribution in [0.4, 0.5) is 16.2 Å². The molecule has 7 nitrogen and oxygen atoms in total. The van der Waals surface area contributed by atoms with E-state index in [4.69, 9.17) is 5.73 Å². The molecule has 2 rings (SSSR count). The summed E-state index contributed by atoms with van der Waals surface area (Å²) in [6.07, 6.45) is 1.27. The lowest BCUT2D eigenvalue weighted by molar-refractivity contribution is -0.134. The lowest BCUT2D eigenvalue weighted by Crippen LogP contribution is -2.53. The van der Waals surface area contributed by atoms with Crippen molar-refractivity contribution < 1.29 is 14.4 Å². The number of nitrogen functional groups attached to an aromatic ring is 1. The molecule has 0 aromatic heterocycles. The maximum absolute atomic E-state index is 11.9. The molecular weight excluding hydrogens is 272 g/mol. The van der Waals surface area contributed by atoms with Crippen molar-refractivity contribution in [1.82, 2.24) is 10.6 Å². The van der Waals surface area contributed by atoms with Crippen LogP contribution in [0.15, 0.2) is 18.2 Å². The summed E-state index contributed by atoms with van der Waals surface area (Å²) in [7, 11) is 0. The summed E-state index contributed by atoms with van der Waals surface area (Å²) < 4.78 is 0. The minimum absolute atomic E-state index is 0.212. The van der Waals surface area contributed by atoms with Gasteiger partial charge in [-0.15, -0.1) is 0 Å². The number of urea groups is 1. The summed E-state index contributed by atoms with van der Waals surface area (Å²) in [5, 5.41) is 7.34. The third-order valence-corrected chi connectivity index (χ3v) is 3.37. The van der Waals surface area contributed by atoms with E-state index in [9.17, 15) is 14.4 Å². The molecule has 0 spiro atoms. The van der Waals surface area contributed by atoms with Gasteiger partial charge in [-0.05, 0) is 24.5 Å². The number of imide groups is 1. The van der Waals surface area contributed by atoms with Gasteiger partial charge in [0.05, 0.1) is 11.4 Å². The number of anilines is 2. The van der Waals surface area contributed by atoms with Gasteiger partial charge in [-0.2, -0.15) is 0 Å². The van der Waals surface area contributed by atoms with Gasteiger partial charge in [0.25, 0.3) is 0 Å². The van der Waals surface area contributed by atoms with E-state index in [1.807, 2.05) is 13.0 Å². The van der Waals surface area contributed by atoms with Crippen LogP contribution in [0.1, 0.15) is 25.3 Å². The van der Waals surface area contributed by atoms with E-state index in [0.717, 1.165) is 12.0 Å². The van der Waals surface area contributed by atoms with Crippen molar-refractivity contribution >= 4 is 29.2 Å². The normalized spacial score (nSPS) is 18.0. The van der Waals surface area contributed by atoms with Gasteiger partial charge in [-0.25, -0.2) is 4.79 Å². The zero-order valence-corrected chi connectivity index (χ0v) is 11.7. The van der Waals surface area contributed by atoms with Gasteiger partial charge in [-0.3, -0.25) is 14.9 Å². The zero-order chi connectivity index (χ0) is 15.4. The third-order valence-electron chi connectivity index (χ3n) is 3.37. The molecule has 0 radical (unpaired) electrons. The molecule has 0 aliphatic carbocycles. The van der Waals surface area contributed by atoms with Crippen LogP contribution in [0.25, 0.3) is 0 Å². The molecule has 1 aromatic carbocycles. The lowest BCUT2D eigenvalue weighted by atomic mass is 10.1. The molecular formula is C14H18N4O3. The summed E-state index contributed by atoms with van der Waals surface area (Å²) in [6.45, 7) is 1.97. The van der Waals surface area contributed by atoms with E-state index in [1.165, 1.54) is 0 Å². The largest absolute Gasteiger partial charge is 0.397 e. The number of amides is 4. The Labute approximate surface area is 122 Å². The minimum atomic E-state index is -0.710. The van der Waals surface area contributed by atoms with Crippen molar-refractivity contribution in [3.8, 4) is 0 Å². The fourth-order valence-corrected chi connectivity index (χ4v) is 2.18. The molecule has 1 unspecified atom stereocenters. The Kier molecular flexibility index (Phi) is 4.42. The van der Waals surface area contributed by atoms with Crippen molar-refractivity contribution in [2.45, 2.75) is 32.2 Å². The monoisotopic (exact) mass is 290 g/mol. The minimum Gasteiger partial charge on any atom is -0.397 e. The van der Waals surface area contributed by atoms with Crippen molar-refractivity contribution in [2.75, 3.05) is 11.1 Å². The predicted molar refractivity (Wildman–Crippen MR) is 78.6 cm³/mol. The van der Waals surface area contributed by atoms with E-state index >= 15 is 0 Å². The standard InChI is InChI=1S/C14H18N4O3/c1-2-8-4-3-5-9(12(8)15)16-14(21)17-10-6-7-11(19)18-13(10)20/h3-5,10H,2,6-7,15H2,1H3,(H2,16,17,21)(H,18,19,20). The molecule has 0 bridgehead atoms. The summed E-state index contributed by atoms with van der Waals surface area (Å²) in [5.74, 6) is -0.810. The second-order valence-electron chi connectivity index (χ2n) is 4.83. The predicted octanol–water partition coefficient (Wildman–Crippen LogP) is 0.758. The number of nitrogens with two attached hydrogens (primary N) is 1. The number of hydrogen-bond donors (Lipinski definition) is 4. The third kappa shape index (κ3) is 3.50. The molecule has 0 saturated carbocycles. The highest BCUT2D eigenvalue weighted by Gasteiger charge is 2.27. The van der Waals surface area contributed by atoms with Crippen molar-refractivity contribution in [3.05, 3.63) is 23.8 Å². The number of carbonyl (C=O) groups is 3. The van der Waals surface area contributed by atoms with Gasteiger partial charge in [0.1, 0.15) is 6.04 Å². The zero-order valence-electron chi connectivity index (χ0n) is 11.7. The second-order valence-corrected chi connectivity index (χ2v) is 4.83. The van der Waals surface area contributed by atoms with Crippen LogP contribution in [-0.2, 0) is 16.0 Å². The number of nitrogens with one attached hydrogen (secondary N) is 3. The fraction of sp³-hybridized carbons (Fsp3) is 0.357. The first kappa shape index (κ1) is 14.8. The van der Waals surface area contributed by atoms with Crippen LogP contribution in [0.3, 0.4) is 0 Å². The smallest absolute Gasteiger partial charge is 0.319 e. The Hall–Kier alpha value is -2.57. The van der Waals surface area contributed by atoms with E-state index in [1.54, 1.807) is 12.1 Å². The Balaban J connectivity index is 1.99. The van der Waals surface area contributed by atoms with Crippen molar-refractivity contribution in [1.29, 1.82) is 0 Å². The summed E-state index contributed by atoms with van der Waals surface area (Å²) in [6, 6.07) is 4.15. The molecule has 7 heteroatoms. The topological polar surface area (TPSA) is 113 Å². The molecule has 1 saturated heterocycles. The van der Waals surface area contributed by atoms with Crippen LogP contribution in [0.5, 0.6) is 0 Å². The average Bonchev–Trinajstić information content (AvgIpc) is 2.44. The number of rotatable bonds is 3. The highest BCUT2D eigenvalue weighted by atomic mass is 16.2. The first-order chi connectivity index (χ1) is 10.0. The summed E-state index contributed by atoms with van der Waals surface area (Å²) in [5.41, 5.74) is 7.90. The molecule has 5 N–H and O–H groups in total. The Bertz CT molecular complexity index is 586. The van der Waals surface area contributed by atoms with E-state index in [2.05, 4.69) is 16.0 Å². The van der Waals surface area contributed by atoms with Gasteiger partial charge >= 0.3 is 6.03 Å². The lowest BCUT2D eigenvalue weighted by Gasteiger charge is -2.22. The van der Waals surface area contributed by atoms with Crippen molar-refractivity contribution in [3.63, 3.8) is 0 Å². The fourth-order valence-electron chi connectivity index (χ4n) is 2.18. The quantitative estimate of drug-likeness (QED) is 0.486. The summed E-state index contributed by atoms with van der Waals surface area (Å²) >= 11 is 0. The van der Waals surface area contributed by atoms with Crippen LogP contribution < -0.4 is 21.7 Å². The molecule has 4 amide bonds. The van der Waals surface area contributed by atoms with Crippen LogP contribution in [0.2, 0.25) is 0 Å². The van der Waals surface area contributed by atoms with Gasteiger partial charge in [0.15, 0.2) is 0 Å². The van der Waals surface area contributed by atoms with Gasteiger partial charge in [0.2, 0.25) is 11.8 Å². The Morgan fingerprint density at radius 3 is 2.86 bits per heavy atom. The van der Waals surface area contributed by atoms with Crippen LogP contribution in [0, 0.1) is 0 Å². The van der Waals surface area contributed by atoms with Crippen LogP contribution in [-0.4, -0.2) is 23.9 Å². The van der Waals surface area contributed by atoms with E-state index in [-0.39, 0.29) is 12.3 Å². The number of benzene rings is 1. The maximum Gasteiger partial charge on any atom is 0.319 e. The number of para-hydroxylation sites is 1. The second kappa shape index (κ2) is 6.25. The Morgan fingerprint density at radius 2 is 2.19 bits per heavy atom. The number of hydrogen-bond acceptors (Lipinski definition) is 4. The number of piperidine rings is 1. The molecule has 112 valence electrons. The maximum atomic E-state index is 11.9. The Morgan fingerprint density at radius 1 is 1.43 bits per heavy atom. The van der Waals surface area contributed by atoms with Gasteiger partial charge in [-0.1, -0.05) is 19.1 Å². The molecule has 1 aliphatic heterocycles. The van der Waals surface area contributed by atoms with Crippen molar-refractivity contribution in [2.24, 2.45) is 0 Å². The summed E-state index contributed by atoms with van der Waals surface area (Å²) in [4.78, 5) is 34.5. The first-order valence-corrected chi connectivity index (χ1v) is 6.79. The SMILES string of the molecule is CCc1cccc(NC(=O)NC2CCC(=O)NC2=O)c1N. The van der Waals surface area contributed by atoms with Crippen LogP contribution >= 0.6 is 0 Å². The molecule has 1 fully saturated rings. The first-order valence-electron chi connectivity index (χ1n) is 6.79. The molecule has 1 atom stereocenters. The molecule has 1 aliphatic rings. The number of aryl methyl sites for hydroxylation is 1. The highest BCUT2D eigenvalue weighted by molar-refractivity contribution is 6.03. The molecule has 1 heterocycles. The molecule has 21 heavy (non-hydrogen) atoms. The number of carbonyl (C=O) groups excluding carboxylic acids is 3. The van der Waals surface area contributed by atoms with E-state index < -0.39 is 18.0 Å². The van der Waals surface area contributed by atoms with Gasteiger partial charge in [0, 0.05) is 6.42 Å². The average molecular weight is 290 g/mol. The highest BCUT2D eigenvalue weighted by Crippen LogP contribution is 2.23. The molecule has 1 aromatic rings.